The fourth-order valence-electron chi connectivity index (χ4n) is 5.12. The summed E-state index contributed by atoms with van der Waals surface area (Å²) in [6, 6.07) is 14.0. The van der Waals surface area contributed by atoms with E-state index in [4.69, 9.17) is 5.84 Å². The van der Waals surface area contributed by atoms with E-state index >= 15 is 0 Å². The number of carbonyl (C=O) groups excluding carboxylic acids is 1. The van der Waals surface area contributed by atoms with Gasteiger partial charge in [0.15, 0.2) is 0 Å². The van der Waals surface area contributed by atoms with Crippen LogP contribution < -0.4 is 21.5 Å². The van der Waals surface area contributed by atoms with Crippen molar-refractivity contribution in [3.63, 3.8) is 0 Å². The van der Waals surface area contributed by atoms with Gasteiger partial charge in [-0.3, -0.25) is 10.6 Å². The zero-order valence-corrected chi connectivity index (χ0v) is 19.0. The molecule has 0 spiro atoms. The molecule has 5 rings (SSSR count). The topological polar surface area (TPSA) is 99.4 Å². The Morgan fingerprint density at radius 2 is 1.70 bits per heavy atom. The number of anilines is 2. The largest absolute Gasteiger partial charge is 0.359 e. The van der Waals surface area contributed by atoms with Crippen LogP contribution in [0.25, 0.3) is 10.8 Å². The Morgan fingerprint density at radius 3 is 2.39 bits per heavy atom. The average Bonchev–Trinajstić information content (AvgIpc) is 3.38. The highest BCUT2D eigenvalue weighted by Gasteiger charge is 2.42. The van der Waals surface area contributed by atoms with Gasteiger partial charge in [0, 0.05) is 67.2 Å². The molecule has 2 aliphatic rings. The van der Waals surface area contributed by atoms with Gasteiger partial charge in [-0.1, -0.05) is 30.3 Å². The lowest BCUT2D eigenvalue weighted by atomic mass is 10.0. The minimum absolute atomic E-state index is 0.0564. The van der Waals surface area contributed by atoms with Gasteiger partial charge >= 0.3 is 0 Å². The summed E-state index contributed by atoms with van der Waals surface area (Å²) in [5.41, 5.74) is 5.93. The number of hydrazine groups is 1. The number of nitrogens with one attached hydrogen (secondary N) is 2. The fourth-order valence-corrected chi connectivity index (χ4v) is 5.12. The number of rotatable bonds is 5. The van der Waals surface area contributed by atoms with Crippen LogP contribution >= 0.6 is 0 Å². The first kappa shape index (κ1) is 21.2. The van der Waals surface area contributed by atoms with E-state index in [0.29, 0.717) is 17.4 Å². The number of nitrogens with zero attached hydrogens (tertiary/aromatic N) is 4. The summed E-state index contributed by atoms with van der Waals surface area (Å²) >= 11 is 0. The van der Waals surface area contributed by atoms with Crippen LogP contribution in [0.5, 0.6) is 0 Å². The zero-order valence-electron chi connectivity index (χ0n) is 19.0. The Labute approximate surface area is 193 Å². The third-order valence-electron chi connectivity index (χ3n) is 6.59. The summed E-state index contributed by atoms with van der Waals surface area (Å²) in [6.07, 6.45) is 3.30. The number of aryl methyl sites for hydroxylation is 2. The molecule has 0 aliphatic carbocycles. The first-order valence-electron chi connectivity index (χ1n) is 11.3. The Bertz CT molecular complexity index is 1190. The second-order valence-corrected chi connectivity index (χ2v) is 8.94. The highest BCUT2D eigenvalue weighted by atomic mass is 16.2. The Morgan fingerprint density at radius 1 is 1.00 bits per heavy atom. The number of amides is 1. The van der Waals surface area contributed by atoms with E-state index in [-0.39, 0.29) is 5.91 Å². The lowest BCUT2D eigenvalue weighted by Gasteiger charge is -2.23. The molecule has 1 aromatic heterocycles. The number of nitrogens with two attached hydrogens (primary N) is 1. The van der Waals surface area contributed by atoms with Crippen molar-refractivity contribution in [3.05, 3.63) is 71.8 Å². The second-order valence-electron chi connectivity index (χ2n) is 8.94. The zero-order chi connectivity index (χ0) is 22.9. The standard InChI is InChI=1S/C25H29N7O/c1-16-11-17(2)30-25(29-16)32-14-19-12-31(13-20(19)15-32)24(33)22-8-7-18-5-3-4-6-21(18)23(22)27-9-10-28-26/h3-11,19-20,27-28H,12-15,26H2,1-2H3/b10-9-. The molecule has 170 valence electrons. The number of hydrogen-bond acceptors (Lipinski definition) is 7. The third-order valence-corrected chi connectivity index (χ3v) is 6.59. The van der Waals surface area contributed by atoms with Gasteiger partial charge in [-0.15, -0.1) is 0 Å². The number of carbonyl (C=O) groups is 1. The van der Waals surface area contributed by atoms with Crippen LogP contribution in [0.15, 0.2) is 54.9 Å². The van der Waals surface area contributed by atoms with Crippen molar-refractivity contribution in [2.75, 3.05) is 36.4 Å². The van der Waals surface area contributed by atoms with Crippen LogP contribution in [0.3, 0.4) is 0 Å². The first-order chi connectivity index (χ1) is 16.0. The molecule has 3 heterocycles. The molecule has 4 N–H and O–H groups in total. The lowest BCUT2D eigenvalue weighted by molar-refractivity contribution is 0.0783. The second kappa shape index (κ2) is 8.71. The minimum Gasteiger partial charge on any atom is -0.359 e. The van der Waals surface area contributed by atoms with E-state index in [0.717, 1.165) is 60.0 Å². The van der Waals surface area contributed by atoms with Crippen LogP contribution in [0.4, 0.5) is 11.6 Å². The normalized spacial score (nSPS) is 20.0. The van der Waals surface area contributed by atoms with E-state index < -0.39 is 0 Å². The van der Waals surface area contributed by atoms with Crippen molar-refractivity contribution in [1.82, 2.24) is 20.3 Å². The lowest BCUT2D eigenvalue weighted by Crippen LogP contribution is -2.34. The summed E-state index contributed by atoms with van der Waals surface area (Å²) in [6.45, 7) is 7.26. The van der Waals surface area contributed by atoms with Crippen LogP contribution in [0.1, 0.15) is 21.7 Å². The molecule has 0 saturated carbocycles. The summed E-state index contributed by atoms with van der Waals surface area (Å²) in [4.78, 5) is 27.1. The van der Waals surface area contributed by atoms with E-state index in [9.17, 15) is 4.79 Å². The SMILES string of the molecule is Cc1cc(C)nc(N2CC3CN(C(=O)c4ccc5ccccc5c4N/C=C\NN)CC3C2)n1. The van der Waals surface area contributed by atoms with E-state index in [1.165, 1.54) is 0 Å². The van der Waals surface area contributed by atoms with Gasteiger partial charge in [0.1, 0.15) is 0 Å². The molecule has 2 aliphatic heterocycles. The van der Waals surface area contributed by atoms with Gasteiger partial charge in [0.2, 0.25) is 5.95 Å². The number of hydrogen-bond donors (Lipinski definition) is 3. The number of aromatic nitrogens is 2. The van der Waals surface area contributed by atoms with Crippen molar-refractivity contribution in [2.45, 2.75) is 13.8 Å². The van der Waals surface area contributed by atoms with Crippen molar-refractivity contribution < 1.29 is 4.79 Å². The molecule has 8 heteroatoms. The highest BCUT2D eigenvalue weighted by molar-refractivity contribution is 6.08. The Hall–Kier alpha value is -3.65. The molecule has 2 saturated heterocycles. The van der Waals surface area contributed by atoms with Gasteiger partial charge in [-0.05, 0) is 31.4 Å². The maximum atomic E-state index is 13.6. The molecule has 2 aromatic carbocycles. The van der Waals surface area contributed by atoms with Crippen molar-refractivity contribution in [2.24, 2.45) is 17.7 Å². The molecular formula is C25H29N7O. The fraction of sp³-hybridized carbons (Fsp3) is 0.320. The molecule has 2 atom stereocenters. The number of fused-ring (bicyclic) bond motifs is 2. The monoisotopic (exact) mass is 443 g/mol. The van der Waals surface area contributed by atoms with Gasteiger partial charge in [0.05, 0.1) is 11.3 Å². The van der Waals surface area contributed by atoms with Crippen molar-refractivity contribution in [3.8, 4) is 0 Å². The van der Waals surface area contributed by atoms with Gasteiger partial charge in [0.25, 0.3) is 5.91 Å². The third kappa shape index (κ3) is 4.09. The molecule has 8 nitrogen and oxygen atoms in total. The van der Waals surface area contributed by atoms with Crippen molar-refractivity contribution >= 4 is 28.3 Å². The summed E-state index contributed by atoms with van der Waals surface area (Å²) < 4.78 is 0. The predicted molar refractivity (Wildman–Crippen MR) is 131 cm³/mol. The van der Waals surface area contributed by atoms with Gasteiger partial charge in [-0.25, -0.2) is 9.97 Å². The number of benzene rings is 2. The minimum atomic E-state index is 0.0564. The maximum Gasteiger partial charge on any atom is 0.256 e. The van der Waals surface area contributed by atoms with E-state index in [2.05, 4.69) is 25.6 Å². The van der Waals surface area contributed by atoms with Crippen LogP contribution in [-0.4, -0.2) is 47.0 Å². The van der Waals surface area contributed by atoms with Crippen molar-refractivity contribution in [1.29, 1.82) is 0 Å². The molecule has 1 amide bonds. The predicted octanol–water partition coefficient (Wildman–Crippen LogP) is 2.80. The van der Waals surface area contributed by atoms with Crippen LogP contribution in [-0.2, 0) is 0 Å². The highest BCUT2D eigenvalue weighted by Crippen LogP contribution is 2.35. The summed E-state index contributed by atoms with van der Waals surface area (Å²) in [5.74, 6) is 7.08. The van der Waals surface area contributed by atoms with Crippen LogP contribution in [0.2, 0.25) is 0 Å². The van der Waals surface area contributed by atoms with E-state index in [1.807, 2.05) is 61.2 Å². The molecular weight excluding hydrogens is 414 g/mol. The van der Waals surface area contributed by atoms with Gasteiger partial charge in [-0.2, -0.15) is 0 Å². The number of likely N-dealkylation sites (tertiary alicyclic amines) is 1. The molecule has 2 unspecified atom stereocenters. The van der Waals surface area contributed by atoms with Gasteiger partial charge < -0.3 is 20.5 Å². The molecule has 2 fully saturated rings. The molecule has 33 heavy (non-hydrogen) atoms. The molecule has 3 aromatic rings. The maximum absolute atomic E-state index is 13.6. The molecule has 0 bridgehead atoms. The first-order valence-corrected chi connectivity index (χ1v) is 11.3. The van der Waals surface area contributed by atoms with E-state index in [1.54, 1.807) is 12.4 Å². The summed E-state index contributed by atoms with van der Waals surface area (Å²) in [5, 5.41) is 5.33. The molecule has 0 radical (unpaired) electrons. The Kier molecular flexibility index (Phi) is 5.60. The average molecular weight is 444 g/mol. The Balaban J connectivity index is 1.35. The quantitative estimate of drug-likeness (QED) is 0.412. The summed E-state index contributed by atoms with van der Waals surface area (Å²) in [7, 11) is 0. The smallest absolute Gasteiger partial charge is 0.256 e. The van der Waals surface area contributed by atoms with Crippen LogP contribution in [0, 0.1) is 25.7 Å².